The number of ether oxygens (including phenoxy) is 2. The van der Waals surface area contributed by atoms with E-state index < -0.39 is 0 Å². The Kier molecular flexibility index (Phi) is 12.7. The van der Waals surface area contributed by atoms with Gasteiger partial charge in [0.25, 0.3) is 0 Å². The molecule has 0 aliphatic carbocycles. The molecule has 0 amide bonds. The molecule has 0 unspecified atom stereocenters. The normalized spacial score (nSPS) is 17.2. The highest BCUT2D eigenvalue weighted by molar-refractivity contribution is 4.70. The van der Waals surface area contributed by atoms with E-state index in [1.54, 1.807) is 0 Å². The number of piperazine rings is 1. The number of nitrogens with two attached hydrogens (primary N) is 2. The van der Waals surface area contributed by atoms with Crippen LogP contribution in [0, 0.1) is 0 Å². The van der Waals surface area contributed by atoms with Crippen LogP contribution in [0.2, 0.25) is 0 Å². The van der Waals surface area contributed by atoms with Crippen LogP contribution < -0.4 is 11.5 Å². The predicted molar refractivity (Wildman–Crippen MR) is 94.7 cm³/mol. The highest BCUT2D eigenvalue weighted by atomic mass is 16.5. The van der Waals surface area contributed by atoms with Crippen molar-refractivity contribution in [3.05, 3.63) is 0 Å². The van der Waals surface area contributed by atoms with Gasteiger partial charge < -0.3 is 30.7 Å². The third kappa shape index (κ3) is 11.0. The smallest absolute Gasteiger partial charge is 0.0594 e. The molecule has 1 aliphatic heterocycles. The van der Waals surface area contributed by atoms with Gasteiger partial charge in [-0.25, -0.2) is 0 Å². The van der Waals surface area contributed by atoms with Gasteiger partial charge in [-0.15, -0.1) is 0 Å². The van der Waals surface area contributed by atoms with Crippen LogP contribution in [-0.2, 0) is 9.47 Å². The quantitative estimate of drug-likeness (QED) is 0.390. The zero-order chi connectivity index (χ0) is 16.8. The van der Waals surface area contributed by atoms with Crippen molar-refractivity contribution in [2.75, 3.05) is 98.9 Å². The average molecular weight is 332 g/mol. The maximum Gasteiger partial charge on any atom is 0.0594 e. The van der Waals surface area contributed by atoms with Crippen LogP contribution in [0.4, 0.5) is 0 Å². The lowest BCUT2D eigenvalue weighted by atomic mass is 10.3. The number of hydrogen-bond acceptors (Lipinski definition) is 7. The molecule has 7 nitrogen and oxygen atoms in total. The molecule has 23 heavy (non-hydrogen) atoms. The average Bonchev–Trinajstić information content (AvgIpc) is 2.56. The van der Waals surface area contributed by atoms with Crippen LogP contribution in [0.15, 0.2) is 0 Å². The minimum Gasteiger partial charge on any atom is -0.379 e. The topological polar surface area (TPSA) is 80.2 Å². The molecule has 1 rings (SSSR count). The summed E-state index contributed by atoms with van der Waals surface area (Å²) in [5.41, 5.74) is 10.9. The van der Waals surface area contributed by atoms with E-state index in [0.29, 0.717) is 26.3 Å². The lowest BCUT2D eigenvalue weighted by Crippen LogP contribution is -2.45. The Hall–Kier alpha value is -0.280. The van der Waals surface area contributed by atoms with E-state index in [1.807, 2.05) is 0 Å². The molecule has 0 saturated carbocycles. The van der Waals surface area contributed by atoms with Gasteiger partial charge >= 0.3 is 0 Å². The Balaban J connectivity index is 2.15. The molecule has 1 heterocycles. The molecular formula is C16H37N5O2. The summed E-state index contributed by atoms with van der Waals surface area (Å²) < 4.78 is 11.0. The molecule has 4 N–H and O–H groups in total. The summed E-state index contributed by atoms with van der Waals surface area (Å²) in [6, 6.07) is 0. The molecule has 7 heteroatoms. The molecule has 0 aromatic heterocycles. The molecule has 1 saturated heterocycles. The van der Waals surface area contributed by atoms with Gasteiger partial charge in [0.1, 0.15) is 0 Å². The van der Waals surface area contributed by atoms with Crippen LogP contribution in [0.1, 0.15) is 6.42 Å². The van der Waals surface area contributed by atoms with Gasteiger partial charge in [-0.3, -0.25) is 4.90 Å². The maximum atomic E-state index is 5.51. The van der Waals surface area contributed by atoms with Gasteiger partial charge in [-0.2, -0.15) is 0 Å². The van der Waals surface area contributed by atoms with Gasteiger partial charge in [0.2, 0.25) is 0 Å². The van der Waals surface area contributed by atoms with Crippen LogP contribution in [0.3, 0.4) is 0 Å². The van der Waals surface area contributed by atoms with Crippen molar-refractivity contribution >= 4 is 0 Å². The molecule has 1 fully saturated rings. The van der Waals surface area contributed by atoms with Gasteiger partial charge in [0.15, 0.2) is 0 Å². The first-order valence-corrected chi connectivity index (χ1v) is 8.95. The minimum atomic E-state index is 0.586. The van der Waals surface area contributed by atoms with Crippen molar-refractivity contribution in [2.24, 2.45) is 11.5 Å². The van der Waals surface area contributed by atoms with Crippen LogP contribution in [-0.4, -0.2) is 114 Å². The first kappa shape index (κ1) is 20.8. The second-order valence-electron chi connectivity index (χ2n) is 6.14. The molecular weight excluding hydrogens is 294 g/mol. The van der Waals surface area contributed by atoms with E-state index in [2.05, 4.69) is 21.7 Å². The fourth-order valence-corrected chi connectivity index (χ4v) is 2.68. The molecule has 0 spiro atoms. The van der Waals surface area contributed by atoms with E-state index in [0.717, 1.165) is 32.8 Å². The zero-order valence-corrected chi connectivity index (χ0v) is 14.9. The highest BCUT2D eigenvalue weighted by Gasteiger charge is 2.13. The molecule has 0 atom stereocenters. The van der Waals surface area contributed by atoms with E-state index in [-0.39, 0.29) is 0 Å². The lowest BCUT2D eigenvalue weighted by Gasteiger charge is -2.33. The van der Waals surface area contributed by atoms with Crippen molar-refractivity contribution < 1.29 is 9.47 Å². The first-order chi connectivity index (χ1) is 11.3. The predicted octanol–water partition coefficient (Wildman–Crippen LogP) is -1.12. The van der Waals surface area contributed by atoms with Crippen LogP contribution >= 0.6 is 0 Å². The summed E-state index contributed by atoms with van der Waals surface area (Å²) in [6.45, 7) is 12.8. The summed E-state index contributed by atoms with van der Waals surface area (Å²) >= 11 is 0. The summed E-state index contributed by atoms with van der Waals surface area (Å²) in [7, 11) is 2.20. The van der Waals surface area contributed by atoms with Gasteiger partial charge in [0.05, 0.1) is 26.4 Å². The SMILES string of the molecule is CN1CCN(CCCN(CCOCCN)CCOCCN)CC1. The Morgan fingerprint density at radius 2 is 1.39 bits per heavy atom. The van der Waals surface area contributed by atoms with Crippen molar-refractivity contribution in [3.8, 4) is 0 Å². The van der Waals surface area contributed by atoms with Crippen molar-refractivity contribution in [2.45, 2.75) is 6.42 Å². The second-order valence-corrected chi connectivity index (χ2v) is 6.14. The molecule has 1 aliphatic rings. The van der Waals surface area contributed by atoms with Gasteiger partial charge in [-0.1, -0.05) is 0 Å². The van der Waals surface area contributed by atoms with E-state index in [4.69, 9.17) is 20.9 Å². The Bertz CT molecular complexity index is 251. The maximum absolute atomic E-state index is 5.51. The standard InChI is InChI=1S/C16H37N5O2/c1-19-7-9-20(10-8-19)5-2-6-21(11-15-22-13-3-17)12-16-23-14-4-18/h2-18H2,1H3. The van der Waals surface area contributed by atoms with Crippen LogP contribution in [0.5, 0.6) is 0 Å². The summed E-state index contributed by atoms with van der Waals surface area (Å²) in [4.78, 5) is 7.38. The fourth-order valence-electron chi connectivity index (χ4n) is 2.68. The minimum absolute atomic E-state index is 0.586. The Labute approximate surface area is 141 Å². The fraction of sp³-hybridized carbons (Fsp3) is 1.00. The van der Waals surface area contributed by atoms with Crippen molar-refractivity contribution in [1.29, 1.82) is 0 Å². The molecule has 0 aromatic carbocycles. The van der Waals surface area contributed by atoms with Crippen LogP contribution in [0.25, 0.3) is 0 Å². The van der Waals surface area contributed by atoms with Gasteiger partial charge in [-0.05, 0) is 26.6 Å². The molecule has 0 aromatic rings. The molecule has 138 valence electrons. The Morgan fingerprint density at radius 3 is 1.91 bits per heavy atom. The first-order valence-electron chi connectivity index (χ1n) is 8.95. The van der Waals surface area contributed by atoms with Crippen molar-refractivity contribution in [3.63, 3.8) is 0 Å². The second kappa shape index (κ2) is 14.1. The van der Waals surface area contributed by atoms with E-state index in [9.17, 15) is 0 Å². The number of rotatable bonds is 14. The zero-order valence-electron chi connectivity index (χ0n) is 14.9. The molecule has 0 radical (unpaired) electrons. The highest BCUT2D eigenvalue weighted by Crippen LogP contribution is 2.01. The third-order valence-corrected chi connectivity index (χ3v) is 4.17. The summed E-state index contributed by atoms with van der Waals surface area (Å²) in [5.74, 6) is 0. The van der Waals surface area contributed by atoms with Crippen molar-refractivity contribution in [1.82, 2.24) is 14.7 Å². The van der Waals surface area contributed by atoms with Gasteiger partial charge in [0, 0.05) is 52.4 Å². The van der Waals surface area contributed by atoms with E-state index >= 15 is 0 Å². The summed E-state index contributed by atoms with van der Waals surface area (Å²) in [6.07, 6.45) is 1.19. The third-order valence-electron chi connectivity index (χ3n) is 4.17. The number of likely N-dealkylation sites (N-methyl/N-ethyl adjacent to an activating group) is 1. The number of nitrogens with zero attached hydrogens (tertiary/aromatic N) is 3. The summed E-state index contributed by atoms with van der Waals surface area (Å²) in [5, 5.41) is 0. The molecule has 0 bridgehead atoms. The number of hydrogen-bond donors (Lipinski definition) is 2. The van der Waals surface area contributed by atoms with E-state index in [1.165, 1.54) is 39.1 Å². The lowest BCUT2D eigenvalue weighted by molar-refractivity contribution is 0.0757. The Morgan fingerprint density at radius 1 is 0.826 bits per heavy atom. The largest absolute Gasteiger partial charge is 0.379 e. The monoisotopic (exact) mass is 331 g/mol.